The van der Waals surface area contributed by atoms with E-state index >= 15 is 0 Å². The lowest BCUT2D eigenvalue weighted by molar-refractivity contribution is -0.299. The van der Waals surface area contributed by atoms with Crippen molar-refractivity contribution in [3.8, 4) is 0 Å². The van der Waals surface area contributed by atoms with Crippen LogP contribution in [0.15, 0.2) is 46.2 Å². The molecule has 17 atom stereocenters. The van der Waals surface area contributed by atoms with Crippen molar-refractivity contribution in [3.05, 3.63) is 57.4 Å². The third-order valence-corrected chi connectivity index (χ3v) is 15.3. The third-order valence-electron chi connectivity index (χ3n) is 15.3. The minimum atomic E-state index is -1.80. The number of hydrogen-bond donors (Lipinski definition) is 6. The minimum absolute atomic E-state index is 0.0952. The molecule has 0 spiro atoms. The van der Waals surface area contributed by atoms with Crippen LogP contribution in [0.1, 0.15) is 130 Å². The lowest BCUT2D eigenvalue weighted by Gasteiger charge is -2.44. The summed E-state index contributed by atoms with van der Waals surface area (Å²) in [5.41, 5.74) is 4.29. The van der Waals surface area contributed by atoms with Crippen LogP contribution < -0.4 is 17.0 Å². The maximum Gasteiger partial charge on any atom is 0.330 e. The number of nitrogens with two attached hydrogens (primary N) is 1. The van der Waals surface area contributed by atoms with Gasteiger partial charge in [-0.1, -0.05) is 57.9 Å². The quantitative estimate of drug-likeness (QED) is 0.0252. The summed E-state index contributed by atoms with van der Waals surface area (Å²) in [5.74, 6) is -7.75. The van der Waals surface area contributed by atoms with Gasteiger partial charge in [0.05, 0.1) is 43.7 Å². The molecule has 85 heavy (non-hydrogen) atoms. The Kier molecular flexibility index (Phi) is 28.3. The lowest BCUT2D eigenvalue weighted by atomic mass is 9.96. The van der Waals surface area contributed by atoms with Crippen LogP contribution in [0.4, 0.5) is 0 Å². The van der Waals surface area contributed by atoms with E-state index in [0.29, 0.717) is 25.7 Å². The molecule has 0 bridgehead atoms. The van der Waals surface area contributed by atoms with E-state index in [-0.39, 0.29) is 38.6 Å². The largest absolute Gasteiger partial charge is 0.481 e. The number of carboxylic acid groups (broad SMARTS) is 2. The molecule has 1 aromatic heterocycles. The predicted molar refractivity (Wildman–Crippen MR) is 297 cm³/mol. The zero-order chi connectivity index (χ0) is 62.5. The van der Waals surface area contributed by atoms with E-state index < -0.39 is 183 Å². The average molecular weight is 1210 g/mol. The number of aliphatic hydroxyl groups excluding tert-OH is 2. The van der Waals surface area contributed by atoms with Crippen molar-refractivity contribution in [2.75, 3.05) is 41.4 Å². The zero-order valence-electron chi connectivity index (χ0n) is 49.5. The van der Waals surface area contributed by atoms with Crippen molar-refractivity contribution in [3.63, 3.8) is 0 Å². The highest BCUT2D eigenvalue weighted by Gasteiger charge is 2.55. The third kappa shape index (κ3) is 20.3. The highest BCUT2D eigenvalue weighted by Crippen LogP contribution is 2.37. The first kappa shape index (κ1) is 69.8. The average Bonchev–Trinajstić information content (AvgIpc) is 3.86. The number of unbranched alkanes of at least 4 members (excludes halogenated alkanes) is 4. The molecule has 1 amide bonds. The molecule has 4 fully saturated rings. The molecular weight excluding hydrogens is 1120 g/mol. The fourth-order valence-corrected chi connectivity index (χ4v) is 10.9. The number of methoxy groups -OCH3 is 2. The molecule has 4 saturated heterocycles. The molecular formula is C57H87N5O23. The maximum atomic E-state index is 14.7. The van der Waals surface area contributed by atoms with Gasteiger partial charge >= 0.3 is 41.5 Å². The number of nitrogens with one attached hydrogen (secondary N) is 1. The predicted octanol–water partition coefficient (Wildman–Crippen LogP) is 1.60. The number of likely N-dealkylation sites (N-methyl/N-ethyl adjacent to an activating group) is 2. The van der Waals surface area contributed by atoms with Gasteiger partial charge in [-0.05, 0) is 57.9 Å². The van der Waals surface area contributed by atoms with Crippen LogP contribution in [0, 0.1) is 5.92 Å². The van der Waals surface area contributed by atoms with E-state index in [4.69, 9.17) is 58.2 Å². The summed E-state index contributed by atoms with van der Waals surface area (Å²) in [4.78, 5) is 122. The number of carbonyl (C=O) groups is 7. The number of H-pyrrole nitrogens is 1. The smallest absolute Gasteiger partial charge is 0.330 e. The van der Waals surface area contributed by atoms with Gasteiger partial charge in [-0.25, -0.2) is 9.59 Å². The van der Waals surface area contributed by atoms with E-state index in [9.17, 15) is 58.5 Å². The normalized spacial score (nSPS) is 29.3. The van der Waals surface area contributed by atoms with Crippen LogP contribution in [0.5, 0.6) is 0 Å². The molecule has 0 radical (unpaired) electrons. The number of aromatic amines is 1. The standard InChI is InChI=1S/C57H87N5O23/c1-8-10-11-12-13-14-15-16-17-18-19-20-33(78-43(69)25-32(3)26-44(70)84-56-53(77-7)52(50(76-6)36(9-2)81-56)83-42(68)22-21-41(66)67)27-45(71)79-38-31-60(4)48(54(72)61(5)47(38)55(73)74)51(85-46-29-34(63)37(30-58)80-46)49-35(64)28-40(82-49)62-24-23-39(65)59-57(62)75/h13-14,16-17,23-24,32-38,40,46-53,56,63-64H,8-12,15,18-22,25-31,58H2,1-7H3,(H,66,67)(H,73,74)(H,59,65,75). The Hall–Kier alpha value is -5.95. The number of rotatable bonds is 33. The Morgan fingerprint density at radius 3 is 2.09 bits per heavy atom. The summed E-state index contributed by atoms with van der Waals surface area (Å²) in [7, 11) is 5.27. The fraction of sp³-hybridized carbons (Fsp3) is 0.737. The topological polar surface area (TPSA) is 380 Å². The Bertz CT molecular complexity index is 2540. The van der Waals surface area contributed by atoms with Crippen LogP contribution >= 0.6 is 0 Å². The van der Waals surface area contributed by atoms with Crippen LogP contribution in [-0.4, -0.2) is 215 Å². The number of esters is 4. The Morgan fingerprint density at radius 2 is 1.47 bits per heavy atom. The number of amides is 1. The van der Waals surface area contributed by atoms with Crippen LogP contribution in [-0.2, 0) is 80.9 Å². The zero-order valence-corrected chi connectivity index (χ0v) is 49.5. The van der Waals surface area contributed by atoms with Gasteiger partial charge in [0.2, 0.25) is 12.2 Å². The van der Waals surface area contributed by atoms with Gasteiger partial charge in [-0.3, -0.25) is 48.0 Å². The second kappa shape index (κ2) is 34.4. The maximum absolute atomic E-state index is 14.7. The number of aliphatic carboxylic acids is 2. The lowest BCUT2D eigenvalue weighted by Crippen LogP contribution is -2.61. The first-order chi connectivity index (χ1) is 40.5. The summed E-state index contributed by atoms with van der Waals surface area (Å²) in [6.07, 6.45) is -3.35. The molecule has 5 rings (SSSR count). The molecule has 0 aromatic carbocycles. The molecule has 1 aromatic rings. The number of aliphatic hydroxyl groups is 2. The molecule has 478 valence electrons. The van der Waals surface area contributed by atoms with E-state index in [2.05, 4.69) is 24.1 Å². The molecule has 7 N–H and O–H groups in total. The van der Waals surface area contributed by atoms with Gasteiger partial charge in [0.15, 0.2) is 24.5 Å². The van der Waals surface area contributed by atoms with Crippen LogP contribution in [0.25, 0.3) is 0 Å². The molecule has 4 aliphatic rings. The number of allylic oxidation sites excluding steroid dienone is 4. The van der Waals surface area contributed by atoms with Crippen molar-refractivity contribution < 1.29 is 101 Å². The number of aromatic nitrogens is 2. The summed E-state index contributed by atoms with van der Waals surface area (Å²) >= 11 is 0. The number of hydrogen-bond acceptors (Lipinski definition) is 23. The van der Waals surface area contributed by atoms with Crippen LogP contribution in [0.3, 0.4) is 0 Å². The molecule has 4 aliphatic heterocycles. The second-order valence-electron chi connectivity index (χ2n) is 21.9. The van der Waals surface area contributed by atoms with Crippen molar-refractivity contribution >= 4 is 41.7 Å². The number of carboxylic acids is 2. The molecule has 0 aliphatic carbocycles. The van der Waals surface area contributed by atoms with Gasteiger partial charge in [-0.15, -0.1) is 0 Å². The fourth-order valence-electron chi connectivity index (χ4n) is 10.9. The number of nitrogens with zero attached hydrogens (tertiary/aromatic N) is 3. The first-order valence-electron chi connectivity index (χ1n) is 29.1. The van der Waals surface area contributed by atoms with Gasteiger partial charge in [-0.2, -0.15) is 0 Å². The van der Waals surface area contributed by atoms with Crippen molar-refractivity contribution in [1.29, 1.82) is 0 Å². The molecule has 0 saturated carbocycles. The van der Waals surface area contributed by atoms with Gasteiger partial charge in [0, 0.05) is 72.3 Å². The number of ether oxygens (including phenoxy) is 10. The Balaban J connectivity index is 1.31. The van der Waals surface area contributed by atoms with E-state index in [0.717, 1.165) is 41.2 Å². The van der Waals surface area contributed by atoms with E-state index in [1.54, 1.807) is 13.8 Å². The van der Waals surface area contributed by atoms with Crippen molar-refractivity contribution in [1.82, 2.24) is 19.4 Å². The second-order valence-corrected chi connectivity index (χ2v) is 21.9. The van der Waals surface area contributed by atoms with Crippen molar-refractivity contribution in [2.45, 2.75) is 222 Å². The van der Waals surface area contributed by atoms with Gasteiger partial charge < -0.3 is 78.4 Å². The van der Waals surface area contributed by atoms with Crippen LogP contribution in [0.2, 0.25) is 0 Å². The first-order valence-corrected chi connectivity index (χ1v) is 29.1. The molecule has 5 heterocycles. The van der Waals surface area contributed by atoms with E-state index in [1.807, 2.05) is 12.2 Å². The highest BCUT2D eigenvalue weighted by molar-refractivity contribution is 5.89. The summed E-state index contributed by atoms with van der Waals surface area (Å²) < 4.78 is 59.8. The molecule has 28 heteroatoms. The van der Waals surface area contributed by atoms with Gasteiger partial charge in [0.25, 0.3) is 5.56 Å². The highest BCUT2D eigenvalue weighted by atomic mass is 16.7. The van der Waals surface area contributed by atoms with Gasteiger partial charge in [0.1, 0.15) is 42.8 Å². The molecule has 17 unspecified atom stereocenters. The monoisotopic (exact) mass is 1210 g/mol. The molecule has 28 nitrogen and oxygen atoms in total. The van der Waals surface area contributed by atoms with Crippen molar-refractivity contribution in [2.24, 2.45) is 11.7 Å². The summed E-state index contributed by atoms with van der Waals surface area (Å²) in [6, 6.07) is -2.22. The Labute approximate surface area is 493 Å². The summed E-state index contributed by atoms with van der Waals surface area (Å²) in [5, 5.41) is 42.0. The summed E-state index contributed by atoms with van der Waals surface area (Å²) in [6.45, 7) is 4.98. The Morgan fingerprint density at radius 1 is 0.788 bits per heavy atom. The number of carbonyl (C=O) groups excluding carboxylic acids is 5. The minimum Gasteiger partial charge on any atom is -0.481 e. The van der Waals surface area contributed by atoms with E-state index in [1.165, 1.54) is 39.4 Å². The SMILES string of the molecule is CCCCCC=CCC=CCCCC(CC(=O)OC1CN(C)C(C(OC2CC(O)C(CN)O2)C2OC(n3ccc(=O)[nH]c3=O)CC2O)C(=O)N(C)C1C(=O)O)OC(=O)CC(C)CC(=O)OC1OC(CC)C(OC)C(OC(=O)CCC(=O)O)C1OC.